The van der Waals surface area contributed by atoms with E-state index in [0.29, 0.717) is 12.3 Å². The Kier molecular flexibility index (Phi) is 1.72. The highest BCUT2D eigenvalue weighted by Gasteiger charge is 2.26. The minimum Gasteiger partial charge on any atom is -0.340 e. The van der Waals surface area contributed by atoms with Crippen molar-refractivity contribution in [2.45, 2.75) is 25.8 Å². The van der Waals surface area contributed by atoms with Gasteiger partial charge < -0.3 is 4.57 Å². The highest BCUT2D eigenvalue weighted by Crippen LogP contribution is 2.33. The molecule has 0 N–H and O–H groups in total. The van der Waals surface area contributed by atoms with Gasteiger partial charge in [-0.15, -0.1) is 0 Å². The lowest BCUT2D eigenvalue weighted by atomic mass is 9.88. The summed E-state index contributed by atoms with van der Waals surface area (Å²) in [5.41, 5.74) is 2.46. The second kappa shape index (κ2) is 2.96. The van der Waals surface area contributed by atoms with Crippen molar-refractivity contribution in [3.63, 3.8) is 0 Å². The maximum Gasteiger partial charge on any atom is 0.159 e. The van der Waals surface area contributed by atoms with Crippen molar-refractivity contribution in [1.29, 1.82) is 0 Å². The van der Waals surface area contributed by atoms with Crippen LogP contribution in [0.5, 0.6) is 0 Å². The van der Waals surface area contributed by atoms with Gasteiger partial charge >= 0.3 is 0 Å². The second-order valence-electron chi connectivity index (χ2n) is 4.16. The van der Waals surface area contributed by atoms with Gasteiger partial charge in [-0.2, -0.15) is 0 Å². The Morgan fingerprint density at radius 1 is 1.40 bits per heavy atom. The molecule has 15 heavy (non-hydrogen) atoms. The van der Waals surface area contributed by atoms with Crippen LogP contribution >= 0.6 is 0 Å². The molecule has 0 fully saturated rings. The average molecular weight is 199 g/mol. The number of nitrogens with zero attached hydrogens (tertiary/aromatic N) is 1. The van der Waals surface area contributed by atoms with Crippen molar-refractivity contribution in [1.82, 2.24) is 4.57 Å². The summed E-state index contributed by atoms with van der Waals surface area (Å²) in [5, 5.41) is 1.25. The van der Waals surface area contributed by atoms with Crippen LogP contribution in [0.4, 0.5) is 0 Å². The van der Waals surface area contributed by atoms with Crippen molar-refractivity contribution < 1.29 is 4.79 Å². The summed E-state index contributed by atoms with van der Waals surface area (Å²) in [4.78, 5) is 11.9. The van der Waals surface area contributed by atoms with Gasteiger partial charge in [0.25, 0.3) is 0 Å². The number of rotatable bonds is 1. The van der Waals surface area contributed by atoms with Gasteiger partial charge in [0.15, 0.2) is 5.78 Å². The summed E-state index contributed by atoms with van der Waals surface area (Å²) in [6, 6.07) is 8.33. The number of aromatic nitrogens is 1. The SMILES string of the molecule is CCC1C(=O)Cn2ccc3cccc1c32. The molecule has 1 aliphatic rings. The van der Waals surface area contributed by atoms with Crippen LogP contribution in [0.1, 0.15) is 24.8 Å². The molecule has 2 heterocycles. The van der Waals surface area contributed by atoms with Crippen LogP contribution in [0.25, 0.3) is 10.9 Å². The summed E-state index contributed by atoms with van der Waals surface area (Å²) >= 11 is 0. The lowest BCUT2D eigenvalue weighted by Crippen LogP contribution is -2.23. The minimum absolute atomic E-state index is 0.107. The van der Waals surface area contributed by atoms with Gasteiger partial charge in [0.1, 0.15) is 0 Å². The molecule has 1 aromatic carbocycles. The zero-order chi connectivity index (χ0) is 10.4. The molecular weight excluding hydrogens is 186 g/mol. The third kappa shape index (κ3) is 1.08. The molecule has 0 aliphatic carbocycles. The fourth-order valence-electron chi connectivity index (χ4n) is 2.60. The molecule has 1 unspecified atom stereocenters. The Hall–Kier alpha value is -1.57. The first-order valence-electron chi connectivity index (χ1n) is 5.41. The summed E-state index contributed by atoms with van der Waals surface area (Å²) in [7, 11) is 0. The van der Waals surface area contributed by atoms with E-state index >= 15 is 0 Å². The number of benzene rings is 1. The zero-order valence-electron chi connectivity index (χ0n) is 8.73. The smallest absolute Gasteiger partial charge is 0.159 e. The third-order valence-corrected chi connectivity index (χ3v) is 3.32. The standard InChI is InChI=1S/C13H13NO/c1-2-10-11-5-3-4-9-6-7-14(13(9)11)8-12(10)15/h3-7,10H,2,8H2,1H3. The molecule has 0 saturated heterocycles. The molecule has 1 aliphatic heterocycles. The Balaban J connectivity index is 2.36. The molecule has 1 atom stereocenters. The lowest BCUT2D eigenvalue weighted by Gasteiger charge is -2.22. The topological polar surface area (TPSA) is 22.0 Å². The van der Waals surface area contributed by atoms with Crippen LogP contribution in [0, 0.1) is 0 Å². The van der Waals surface area contributed by atoms with Crippen molar-refractivity contribution in [3.05, 3.63) is 36.0 Å². The molecule has 0 saturated carbocycles. The number of para-hydroxylation sites is 1. The monoisotopic (exact) mass is 199 g/mol. The van der Waals surface area contributed by atoms with Crippen LogP contribution in [0.2, 0.25) is 0 Å². The molecule has 0 bridgehead atoms. The fraction of sp³-hybridized carbons (Fsp3) is 0.308. The molecule has 3 rings (SSSR count). The quantitative estimate of drug-likeness (QED) is 0.692. The summed E-state index contributed by atoms with van der Waals surface area (Å²) < 4.78 is 2.07. The molecule has 0 radical (unpaired) electrons. The minimum atomic E-state index is 0.107. The normalized spacial score (nSPS) is 19.8. The van der Waals surface area contributed by atoms with Crippen LogP contribution in [0.15, 0.2) is 30.5 Å². The van der Waals surface area contributed by atoms with E-state index in [1.165, 1.54) is 16.5 Å². The number of ketones is 1. The molecule has 2 aromatic rings. The van der Waals surface area contributed by atoms with Crippen LogP contribution in [-0.2, 0) is 11.3 Å². The molecular formula is C13H13NO. The molecule has 2 nitrogen and oxygen atoms in total. The lowest BCUT2D eigenvalue weighted by molar-refractivity contribution is -0.121. The Morgan fingerprint density at radius 2 is 2.27 bits per heavy atom. The number of carbonyl (C=O) groups excluding carboxylic acids is 1. The first kappa shape index (κ1) is 8.72. The number of hydrogen-bond donors (Lipinski definition) is 0. The van der Waals surface area contributed by atoms with Crippen LogP contribution < -0.4 is 0 Å². The highest BCUT2D eigenvalue weighted by molar-refractivity contribution is 5.96. The van der Waals surface area contributed by atoms with Crippen molar-refractivity contribution in [2.75, 3.05) is 0 Å². The van der Waals surface area contributed by atoms with Crippen LogP contribution in [0.3, 0.4) is 0 Å². The Bertz CT molecular complexity index is 538. The van der Waals surface area contributed by atoms with Gasteiger partial charge in [0.2, 0.25) is 0 Å². The van der Waals surface area contributed by atoms with E-state index in [1.807, 2.05) is 12.3 Å². The van der Waals surface area contributed by atoms with Crippen LogP contribution in [-0.4, -0.2) is 10.4 Å². The van der Waals surface area contributed by atoms with E-state index in [1.54, 1.807) is 0 Å². The van der Waals surface area contributed by atoms with Gasteiger partial charge in [-0.3, -0.25) is 4.79 Å². The van der Waals surface area contributed by atoms with Gasteiger partial charge in [-0.05, 0) is 23.4 Å². The summed E-state index contributed by atoms with van der Waals surface area (Å²) in [5.74, 6) is 0.449. The number of Topliss-reactive ketones (excluding diaryl/α,β-unsaturated/α-hetero) is 1. The zero-order valence-corrected chi connectivity index (χ0v) is 8.73. The van der Waals surface area contributed by atoms with E-state index in [4.69, 9.17) is 0 Å². The summed E-state index contributed by atoms with van der Waals surface area (Å²) in [6.45, 7) is 2.62. The van der Waals surface area contributed by atoms with E-state index in [9.17, 15) is 4.79 Å². The molecule has 1 aromatic heterocycles. The molecule has 76 valence electrons. The van der Waals surface area contributed by atoms with E-state index in [-0.39, 0.29) is 5.92 Å². The highest BCUT2D eigenvalue weighted by atomic mass is 16.1. The van der Waals surface area contributed by atoms with Gasteiger partial charge in [-0.25, -0.2) is 0 Å². The largest absolute Gasteiger partial charge is 0.340 e. The maximum atomic E-state index is 11.9. The van der Waals surface area contributed by atoms with Gasteiger partial charge in [0.05, 0.1) is 12.1 Å². The van der Waals surface area contributed by atoms with E-state index in [2.05, 4.69) is 29.7 Å². The summed E-state index contributed by atoms with van der Waals surface area (Å²) in [6.07, 6.45) is 2.92. The Morgan fingerprint density at radius 3 is 3.07 bits per heavy atom. The second-order valence-corrected chi connectivity index (χ2v) is 4.16. The average Bonchev–Trinajstić information content (AvgIpc) is 2.64. The van der Waals surface area contributed by atoms with Gasteiger partial charge in [-0.1, -0.05) is 25.1 Å². The van der Waals surface area contributed by atoms with Gasteiger partial charge in [0, 0.05) is 12.1 Å². The predicted octanol–water partition coefficient (Wildman–Crippen LogP) is 2.72. The first-order valence-corrected chi connectivity index (χ1v) is 5.41. The number of hydrogen-bond acceptors (Lipinski definition) is 1. The number of carbonyl (C=O) groups is 1. The molecule has 2 heteroatoms. The van der Waals surface area contributed by atoms with Crippen molar-refractivity contribution in [3.8, 4) is 0 Å². The molecule has 0 spiro atoms. The van der Waals surface area contributed by atoms with Crippen molar-refractivity contribution >= 4 is 16.7 Å². The maximum absolute atomic E-state index is 11.9. The predicted molar refractivity (Wildman–Crippen MR) is 60.0 cm³/mol. The fourth-order valence-corrected chi connectivity index (χ4v) is 2.60. The Labute approximate surface area is 88.5 Å². The third-order valence-electron chi connectivity index (χ3n) is 3.32. The first-order chi connectivity index (χ1) is 7.31. The van der Waals surface area contributed by atoms with E-state index < -0.39 is 0 Å². The van der Waals surface area contributed by atoms with Crippen molar-refractivity contribution in [2.24, 2.45) is 0 Å². The molecule has 0 amide bonds. The van der Waals surface area contributed by atoms with E-state index in [0.717, 1.165) is 6.42 Å².